The summed E-state index contributed by atoms with van der Waals surface area (Å²) < 4.78 is 40.2. The molecule has 1 atom stereocenters. The van der Waals surface area contributed by atoms with Crippen molar-refractivity contribution in [1.29, 1.82) is 0 Å². The lowest BCUT2D eigenvalue weighted by Gasteiger charge is -2.30. The zero-order valence-electron chi connectivity index (χ0n) is 11.0. The highest BCUT2D eigenvalue weighted by Gasteiger charge is 2.33. The van der Waals surface area contributed by atoms with E-state index in [1.165, 1.54) is 16.4 Å². The lowest BCUT2D eigenvalue weighted by molar-refractivity contribution is 0.494. The molecule has 1 aromatic carbocycles. The van der Waals surface area contributed by atoms with Crippen LogP contribution in [0.2, 0.25) is 0 Å². The van der Waals surface area contributed by atoms with Crippen LogP contribution in [-0.2, 0) is 10.0 Å². The van der Waals surface area contributed by atoms with Crippen LogP contribution in [-0.4, -0.2) is 33.3 Å². The number of sulfonamides is 1. The van der Waals surface area contributed by atoms with E-state index in [0.717, 1.165) is 13.0 Å². The molecule has 4 nitrogen and oxygen atoms in total. The molecule has 1 unspecified atom stereocenters. The summed E-state index contributed by atoms with van der Waals surface area (Å²) in [5.74, 6) is -0.503. The lowest BCUT2D eigenvalue weighted by atomic mass is 10.2. The van der Waals surface area contributed by atoms with Crippen LogP contribution in [0.5, 0.6) is 0 Å². The second-order valence-electron chi connectivity index (χ2n) is 4.63. The molecule has 0 bridgehead atoms. The predicted octanol–water partition coefficient (Wildman–Crippen LogP) is 1.73. The SMILES string of the molecule is CCN(c1ccccc1F)S(=O)(=O)C1CCCNC1. The Balaban J connectivity index is 2.33. The van der Waals surface area contributed by atoms with E-state index in [1.807, 2.05) is 0 Å². The minimum Gasteiger partial charge on any atom is -0.315 e. The number of para-hydroxylation sites is 1. The van der Waals surface area contributed by atoms with E-state index in [-0.39, 0.29) is 12.2 Å². The van der Waals surface area contributed by atoms with Crippen LogP contribution >= 0.6 is 0 Å². The van der Waals surface area contributed by atoms with Crippen molar-refractivity contribution in [3.05, 3.63) is 30.1 Å². The Kier molecular flexibility index (Phi) is 4.42. The number of halogens is 1. The van der Waals surface area contributed by atoms with Crippen molar-refractivity contribution < 1.29 is 12.8 Å². The van der Waals surface area contributed by atoms with Crippen LogP contribution in [0.4, 0.5) is 10.1 Å². The van der Waals surface area contributed by atoms with Crippen LogP contribution < -0.4 is 9.62 Å². The van der Waals surface area contributed by atoms with E-state index in [2.05, 4.69) is 5.32 Å². The van der Waals surface area contributed by atoms with Gasteiger partial charge in [-0.05, 0) is 38.4 Å². The average Bonchev–Trinajstić information content (AvgIpc) is 2.42. The van der Waals surface area contributed by atoms with Gasteiger partial charge in [-0.2, -0.15) is 0 Å². The lowest BCUT2D eigenvalue weighted by Crippen LogP contribution is -2.46. The van der Waals surface area contributed by atoms with Crippen LogP contribution in [0.15, 0.2) is 24.3 Å². The summed E-state index contributed by atoms with van der Waals surface area (Å²) in [6.45, 7) is 3.24. The van der Waals surface area contributed by atoms with Gasteiger partial charge in [0.1, 0.15) is 5.82 Å². The van der Waals surface area contributed by atoms with Crippen molar-refractivity contribution in [1.82, 2.24) is 5.32 Å². The maximum Gasteiger partial charge on any atom is 0.239 e. The molecule has 1 aliphatic rings. The Morgan fingerprint density at radius 2 is 2.16 bits per heavy atom. The zero-order valence-corrected chi connectivity index (χ0v) is 11.8. The molecule has 19 heavy (non-hydrogen) atoms. The van der Waals surface area contributed by atoms with Crippen LogP contribution in [0.3, 0.4) is 0 Å². The predicted molar refractivity (Wildman–Crippen MR) is 74.2 cm³/mol. The van der Waals surface area contributed by atoms with E-state index in [9.17, 15) is 12.8 Å². The fraction of sp³-hybridized carbons (Fsp3) is 0.538. The third-order valence-corrected chi connectivity index (χ3v) is 5.70. The first-order valence-corrected chi connectivity index (χ1v) is 8.04. The van der Waals surface area contributed by atoms with Gasteiger partial charge in [0.05, 0.1) is 10.9 Å². The molecule has 1 aliphatic heterocycles. The quantitative estimate of drug-likeness (QED) is 0.917. The molecule has 0 aliphatic carbocycles. The average molecular weight is 286 g/mol. The summed E-state index contributed by atoms with van der Waals surface area (Å²) in [5, 5.41) is 2.61. The Morgan fingerprint density at radius 3 is 2.74 bits per heavy atom. The molecule has 106 valence electrons. The number of nitrogens with one attached hydrogen (secondary N) is 1. The van der Waals surface area contributed by atoms with Gasteiger partial charge in [0, 0.05) is 13.1 Å². The summed E-state index contributed by atoms with van der Waals surface area (Å²) in [6.07, 6.45) is 1.46. The van der Waals surface area contributed by atoms with Crippen molar-refractivity contribution in [3.8, 4) is 0 Å². The summed E-state index contributed by atoms with van der Waals surface area (Å²) in [5.41, 5.74) is 0.135. The molecule has 0 amide bonds. The van der Waals surface area contributed by atoms with Gasteiger partial charge in [0.25, 0.3) is 0 Å². The highest BCUT2D eigenvalue weighted by atomic mass is 32.2. The first-order chi connectivity index (χ1) is 9.07. The number of benzene rings is 1. The van der Waals surface area contributed by atoms with Crippen molar-refractivity contribution >= 4 is 15.7 Å². The number of rotatable bonds is 4. The number of hydrogen-bond acceptors (Lipinski definition) is 3. The van der Waals surface area contributed by atoms with Gasteiger partial charge in [-0.15, -0.1) is 0 Å². The Hall–Kier alpha value is -1.14. The van der Waals surface area contributed by atoms with E-state index < -0.39 is 21.1 Å². The molecule has 1 aromatic rings. The molecule has 0 aromatic heterocycles. The molecule has 1 N–H and O–H groups in total. The fourth-order valence-electron chi connectivity index (χ4n) is 2.40. The van der Waals surface area contributed by atoms with Crippen molar-refractivity contribution in [2.24, 2.45) is 0 Å². The van der Waals surface area contributed by atoms with Crippen LogP contribution in [0.1, 0.15) is 19.8 Å². The summed E-state index contributed by atoms with van der Waals surface area (Å²) in [7, 11) is -3.52. The van der Waals surface area contributed by atoms with Gasteiger partial charge in [0.2, 0.25) is 10.0 Å². The maximum absolute atomic E-state index is 13.8. The Labute approximate surface area is 113 Å². The van der Waals surface area contributed by atoms with Crippen LogP contribution in [0, 0.1) is 5.82 Å². The number of piperidine rings is 1. The smallest absolute Gasteiger partial charge is 0.239 e. The summed E-state index contributed by atoms with van der Waals surface area (Å²) >= 11 is 0. The van der Waals surface area contributed by atoms with E-state index >= 15 is 0 Å². The molecule has 0 spiro atoms. The summed E-state index contributed by atoms with van der Waals surface area (Å²) in [6, 6.07) is 6.00. The topological polar surface area (TPSA) is 49.4 Å². The highest BCUT2D eigenvalue weighted by molar-refractivity contribution is 7.93. The monoisotopic (exact) mass is 286 g/mol. The van der Waals surface area contributed by atoms with Crippen LogP contribution in [0.25, 0.3) is 0 Å². The molecule has 0 saturated carbocycles. The van der Waals surface area contributed by atoms with Gasteiger partial charge in [-0.3, -0.25) is 4.31 Å². The summed E-state index contributed by atoms with van der Waals surface area (Å²) in [4.78, 5) is 0. The zero-order chi connectivity index (χ0) is 13.9. The highest BCUT2D eigenvalue weighted by Crippen LogP contribution is 2.25. The van der Waals surface area contributed by atoms with Gasteiger partial charge in [-0.1, -0.05) is 12.1 Å². The minimum atomic E-state index is -3.52. The molecule has 6 heteroatoms. The second kappa shape index (κ2) is 5.88. The number of anilines is 1. The van der Waals surface area contributed by atoms with Crippen molar-refractivity contribution in [3.63, 3.8) is 0 Å². The van der Waals surface area contributed by atoms with E-state index in [1.54, 1.807) is 19.1 Å². The normalized spacial score (nSPS) is 20.2. The second-order valence-corrected chi connectivity index (χ2v) is 6.77. The molecular formula is C13H19FN2O2S. The van der Waals surface area contributed by atoms with Gasteiger partial charge >= 0.3 is 0 Å². The van der Waals surface area contributed by atoms with E-state index in [4.69, 9.17) is 0 Å². The molecule has 2 rings (SSSR count). The van der Waals surface area contributed by atoms with Crippen molar-refractivity contribution in [2.75, 3.05) is 23.9 Å². The fourth-order valence-corrected chi connectivity index (χ4v) is 4.33. The first-order valence-electron chi connectivity index (χ1n) is 6.54. The Bertz CT molecular complexity index is 527. The van der Waals surface area contributed by atoms with Gasteiger partial charge in [0.15, 0.2) is 0 Å². The van der Waals surface area contributed by atoms with Gasteiger partial charge in [-0.25, -0.2) is 12.8 Å². The van der Waals surface area contributed by atoms with Gasteiger partial charge < -0.3 is 5.32 Å². The van der Waals surface area contributed by atoms with E-state index in [0.29, 0.717) is 13.0 Å². The molecule has 0 radical (unpaired) electrons. The first kappa shape index (κ1) is 14.3. The van der Waals surface area contributed by atoms with Crippen molar-refractivity contribution in [2.45, 2.75) is 25.0 Å². The third kappa shape index (κ3) is 2.90. The Morgan fingerprint density at radius 1 is 1.42 bits per heavy atom. The standard InChI is InChI=1S/C13H19FN2O2S/c1-2-16(13-8-4-3-7-12(13)14)19(17,18)11-6-5-9-15-10-11/h3-4,7-8,11,15H,2,5-6,9-10H2,1H3. The molecule has 1 fully saturated rings. The third-order valence-electron chi connectivity index (χ3n) is 3.39. The minimum absolute atomic E-state index is 0.135. The maximum atomic E-state index is 13.8. The molecular weight excluding hydrogens is 267 g/mol. The molecule has 1 heterocycles. The largest absolute Gasteiger partial charge is 0.315 e. The number of nitrogens with zero attached hydrogens (tertiary/aromatic N) is 1. The number of hydrogen-bond donors (Lipinski definition) is 1. The molecule has 1 saturated heterocycles.